The summed E-state index contributed by atoms with van der Waals surface area (Å²) in [5.74, 6) is -0.799. The molecule has 23 heavy (non-hydrogen) atoms. The maximum atomic E-state index is 12.5. The lowest BCUT2D eigenvalue weighted by Gasteiger charge is -2.39. The summed E-state index contributed by atoms with van der Waals surface area (Å²) in [6, 6.07) is 0.0179. The molecular formula is C16H25N3O4. The molecule has 0 spiro atoms. The Kier molecular flexibility index (Phi) is 4.17. The van der Waals surface area contributed by atoms with Gasteiger partial charge in [0.2, 0.25) is 0 Å². The van der Waals surface area contributed by atoms with Crippen molar-refractivity contribution in [2.24, 2.45) is 5.41 Å². The number of hydrogen-bond acceptors (Lipinski definition) is 4. The van der Waals surface area contributed by atoms with Crippen LogP contribution in [0.4, 0.5) is 10.6 Å². The smallest absolute Gasteiger partial charge is 0.416 e. The third-order valence-corrected chi connectivity index (χ3v) is 3.79. The zero-order chi connectivity index (χ0) is 17.6. The van der Waals surface area contributed by atoms with Gasteiger partial charge in [-0.1, -0.05) is 20.8 Å². The third kappa shape index (κ3) is 3.48. The lowest BCUT2D eigenvalue weighted by atomic mass is 9.84. The first-order chi connectivity index (χ1) is 10.4. The van der Waals surface area contributed by atoms with E-state index in [1.807, 2.05) is 0 Å². The van der Waals surface area contributed by atoms with Crippen molar-refractivity contribution in [1.29, 1.82) is 0 Å². The topological polar surface area (TPSA) is 84.7 Å². The van der Waals surface area contributed by atoms with Crippen molar-refractivity contribution in [3.05, 3.63) is 11.8 Å². The number of carboxylic acid groups (broad SMARTS) is 1. The molecule has 1 aromatic heterocycles. The standard InChI is InChI=1S/C16H25N3O4/c1-15(2,3)11-7-8-18(14(22)23-16(4,5)6)12-10(13(20)21)9-17-19(11)12/h9,11H,7-8H2,1-6H3,(H,20,21). The number of aromatic carboxylic acids is 1. The van der Waals surface area contributed by atoms with Crippen molar-refractivity contribution in [2.45, 2.75) is 59.6 Å². The maximum Gasteiger partial charge on any atom is 0.416 e. The summed E-state index contributed by atoms with van der Waals surface area (Å²) >= 11 is 0. The predicted molar refractivity (Wildman–Crippen MR) is 85.9 cm³/mol. The van der Waals surface area contributed by atoms with Crippen LogP contribution in [0.5, 0.6) is 0 Å². The molecule has 1 amide bonds. The molecule has 0 aromatic carbocycles. The van der Waals surface area contributed by atoms with Gasteiger partial charge < -0.3 is 9.84 Å². The van der Waals surface area contributed by atoms with Crippen molar-refractivity contribution in [3.8, 4) is 0 Å². The number of hydrogen-bond donors (Lipinski definition) is 1. The molecule has 0 saturated carbocycles. The van der Waals surface area contributed by atoms with Gasteiger partial charge >= 0.3 is 12.1 Å². The van der Waals surface area contributed by atoms with Crippen molar-refractivity contribution in [3.63, 3.8) is 0 Å². The van der Waals surface area contributed by atoms with Gasteiger partial charge in [0.15, 0.2) is 5.82 Å². The van der Waals surface area contributed by atoms with Crippen LogP contribution in [0.2, 0.25) is 0 Å². The molecule has 1 N–H and O–H groups in total. The number of carboxylic acids is 1. The van der Waals surface area contributed by atoms with Gasteiger partial charge in [-0.25, -0.2) is 14.3 Å². The van der Waals surface area contributed by atoms with E-state index in [2.05, 4.69) is 25.9 Å². The Labute approximate surface area is 136 Å². The third-order valence-electron chi connectivity index (χ3n) is 3.79. The SMILES string of the molecule is CC(C)(C)OC(=O)N1CCC(C(C)(C)C)n2ncc(C(=O)O)c21. The zero-order valence-corrected chi connectivity index (χ0v) is 14.6. The first-order valence-corrected chi connectivity index (χ1v) is 7.73. The fourth-order valence-corrected chi connectivity index (χ4v) is 2.78. The van der Waals surface area contributed by atoms with E-state index in [4.69, 9.17) is 4.74 Å². The Morgan fingerprint density at radius 3 is 2.35 bits per heavy atom. The second-order valence-corrected chi connectivity index (χ2v) is 7.93. The number of carbonyl (C=O) groups is 2. The summed E-state index contributed by atoms with van der Waals surface area (Å²) in [4.78, 5) is 25.4. The molecule has 0 saturated heterocycles. The lowest BCUT2D eigenvalue weighted by Crippen LogP contribution is -2.45. The molecule has 1 atom stereocenters. The van der Waals surface area contributed by atoms with Gasteiger partial charge in [-0.15, -0.1) is 0 Å². The van der Waals surface area contributed by atoms with Crippen LogP contribution in [0, 0.1) is 5.41 Å². The second kappa shape index (κ2) is 5.54. The van der Waals surface area contributed by atoms with Crippen LogP contribution in [0.15, 0.2) is 6.20 Å². The van der Waals surface area contributed by atoms with Gasteiger partial charge in [-0.3, -0.25) is 4.90 Å². The molecule has 1 aromatic rings. The number of rotatable bonds is 1. The minimum absolute atomic E-state index is 0.0179. The molecule has 2 heterocycles. The number of aromatic nitrogens is 2. The number of ether oxygens (including phenoxy) is 1. The molecule has 128 valence electrons. The molecule has 2 rings (SSSR count). The highest BCUT2D eigenvalue weighted by molar-refractivity contribution is 5.99. The van der Waals surface area contributed by atoms with Crippen LogP contribution >= 0.6 is 0 Å². The Morgan fingerprint density at radius 1 is 1.26 bits per heavy atom. The first-order valence-electron chi connectivity index (χ1n) is 7.73. The van der Waals surface area contributed by atoms with Crippen LogP contribution in [0.25, 0.3) is 0 Å². The number of nitrogens with zero attached hydrogens (tertiary/aromatic N) is 3. The van der Waals surface area contributed by atoms with E-state index in [9.17, 15) is 14.7 Å². The summed E-state index contributed by atoms with van der Waals surface area (Å²) < 4.78 is 7.06. The molecular weight excluding hydrogens is 298 g/mol. The van der Waals surface area contributed by atoms with Gasteiger partial charge in [-0.05, 0) is 32.6 Å². The van der Waals surface area contributed by atoms with E-state index in [1.165, 1.54) is 11.1 Å². The van der Waals surface area contributed by atoms with Gasteiger partial charge in [0.25, 0.3) is 0 Å². The largest absolute Gasteiger partial charge is 0.477 e. The molecule has 1 aliphatic rings. The number of amides is 1. The molecule has 0 radical (unpaired) electrons. The van der Waals surface area contributed by atoms with E-state index in [-0.39, 0.29) is 17.0 Å². The number of fused-ring (bicyclic) bond motifs is 1. The molecule has 0 aliphatic carbocycles. The monoisotopic (exact) mass is 323 g/mol. The van der Waals surface area contributed by atoms with Crippen LogP contribution in [0.3, 0.4) is 0 Å². The van der Waals surface area contributed by atoms with Crippen LogP contribution in [-0.4, -0.2) is 39.1 Å². The molecule has 1 aliphatic heterocycles. The average molecular weight is 323 g/mol. The number of anilines is 1. The molecule has 1 unspecified atom stereocenters. The highest BCUT2D eigenvalue weighted by Crippen LogP contribution is 2.41. The summed E-state index contributed by atoms with van der Waals surface area (Å²) in [6.07, 6.45) is 1.45. The van der Waals surface area contributed by atoms with Crippen LogP contribution in [-0.2, 0) is 4.74 Å². The highest BCUT2D eigenvalue weighted by Gasteiger charge is 2.39. The summed E-state index contributed by atoms with van der Waals surface area (Å²) in [6.45, 7) is 12.0. The van der Waals surface area contributed by atoms with E-state index in [0.717, 1.165) is 0 Å². The van der Waals surface area contributed by atoms with Crippen molar-refractivity contribution >= 4 is 17.9 Å². The van der Waals surface area contributed by atoms with E-state index in [1.54, 1.807) is 25.5 Å². The maximum absolute atomic E-state index is 12.5. The molecule has 0 fully saturated rings. The normalized spacial score (nSPS) is 18.5. The molecule has 7 nitrogen and oxygen atoms in total. The van der Waals surface area contributed by atoms with Gasteiger partial charge in [0, 0.05) is 6.54 Å². The quantitative estimate of drug-likeness (QED) is 0.857. The van der Waals surface area contributed by atoms with Crippen LogP contribution in [0.1, 0.15) is 64.4 Å². The van der Waals surface area contributed by atoms with E-state index in [0.29, 0.717) is 18.8 Å². The Morgan fingerprint density at radius 2 is 1.87 bits per heavy atom. The van der Waals surface area contributed by atoms with Gasteiger partial charge in [0.05, 0.1) is 12.2 Å². The Bertz CT molecular complexity index is 622. The minimum Gasteiger partial charge on any atom is -0.477 e. The van der Waals surface area contributed by atoms with Crippen molar-refractivity contribution in [1.82, 2.24) is 9.78 Å². The second-order valence-electron chi connectivity index (χ2n) is 7.93. The van der Waals surface area contributed by atoms with Crippen molar-refractivity contribution in [2.75, 3.05) is 11.4 Å². The highest BCUT2D eigenvalue weighted by atomic mass is 16.6. The molecule has 7 heteroatoms. The molecule has 0 bridgehead atoms. The predicted octanol–water partition coefficient (Wildman–Crippen LogP) is 3.31. The fourth-order valence-electron chi connectivity index (χ4n) is 2.78. The summed E-state index contributed by atoms with van der Waals surface area (Å²) in [5, 5.41) is 13.7. The summed E-state index contributed by atoms with van der Waals surface area (Å²) in [5.41, 5.74) is -0.729. The van der Waals surface area contributed by atoms with Crippen LogP contribution < -0.4 is 4.90 Å². The first kappa shape index (κ1) is 17.3. The van der Waals surface area contributed by atoms with Gasteiger partial charge in [0.1, 0.15) is 11.2 Å². The summed E-state index contributed by atoms with van der Waals surface area (Å²) in [7, 11) is 0. The Hall–Kier alpha value is -2.05. The van der Waals surface area contributed by atoms with E-state index >= 15 is 0 Å². The zero-order valence-electron chi connectivity index (χ0n) is 14.6. The Balaban J connectivity index is 2.48. The minimum atomic E-state index is -1.10. The van der Waals surface area contributed by atoms with E-state index < -0.39 is 17.7 Å². The average Bonchev–Trinajstić information content (AvgIpc) is 2.78. The van der Waals surface area contributed by atoms with Crippen molar-refractivity contribution < 1.29 is 19.4 Å². The lowest BCUT2D eigenvalue weighted by molar-refractivity contribution is 0.0559. The fraction of sp³-hybridized carbons (Fsp3) is 0.688. The number of carbonyl (C=O) groups excluding carboxylic acids is 1. The van der Waals surface area contributed by atoms with Gasteiger partial charge in [-0.2, -0.15) is 5.10 Å².